The van der Waals surface area contributed by atoms with Gasteiger partial charge < -0.3 is 24.5 Å². The van der Waals surface area contributed by atoms with Gasteiger partial charge in [-0.15, -0.1) is 0 Å². The Balaban J connectivity index is 1.48. The van der Waals surface area contributed by atoms with Crippen LogP contribution >= 0.6 is 11.6 Å². The molecule has 0 aliphatic carbocycles. The van der Waals surface area contributed by atoms with Crippen LogP contribution in [0.3, 0.4) is 0 Å². The second-order valence-electron chi connectivity index (χ2n) is 9.72. The average molecular weight is 505 g/mol. The quantitative estimate of drug-likeness (QED) is 0.282. The minimum Gasteiger partial charge on any atom is -0.497 e. The maximum atomic E-state index is 6.40. The number of benzene rings is 3. The van der Waals surface area contributed by atoms with Gasteiger partial charge in [0.1, 0.15) is 23.9 Å². The highest BCUT2D eigenvalue weighted by Gasteiger charge is 2.26. The van der Waals surface area contributed by atoms with E-state index in [2.05, 4.69) is 48.4 Å². The normalized spacial score (nSPS) is 15.2. The molecule has 2 N–H and O–H groups in total. The van der Waals surface area contributed by atoms with E-state index in [4.69, 9.17) is 25.8 Å². The fourth-order valence-electron chi connectivity index (χ4n) is 5.11. The third-order valence-corrected chi connectivity index (χ3v) is 7.50. The van der Waals surface area contributed by atoms with Crippen LogP contribution in [0, 0.1) is 6.92 Å². The zero-order chi connectivity index (χ0) is 25.4. The maximum absolute atomic E-state index is 6.40. The fraction of sp³-hybridized carbons (Fsp3) is 0.333. The van der Waals surface area contributed by atoms with E-state index < -0.39 is 0 Å². The van der Waals surface area contributed by atoms with Crippen molar-refractivity contribution in [2.75, 3.05) is 20.8 Å². The van der Waals surface area contributed by atoms with Gasteiger partial charge in [0.15, 0.2) is 0 Å². The molecule has 2 heterocycles. The zero-order valence-corrected chi connectivity index (χ0v) is 22.3. The lowest BCUT2D eigenvalue weighted by Crippen LogP contribution is -2.30. The number of aromatic amines is 1. The standard InChI is InChI=1S/C30H33ClN2O3/c1-17(2)23-15-25(31)18(3)12-28(23)36-16-20-13-19(6-9-27(20)35-5)29-30-22(10-11-32-29)24-14-21(34-4)7-8-26(24)33-30/h6-9,12-15,17,29,32-33H,10-11,16H2,1-5H3/t29-/m1/s1. The van der Waals surface area contributed by atoms with Crippen molar-refractivity contribution in [3.8, 4) is 17.2 Å². The largest absolute Gasteiger partial charge is 0.497 e. The highest BCUT2D eigenvalue weighted by molar-refractivity contribution is 6.31. The number of ether oxygens (including phenoxy) is 3. The van der Waals surface area contributed by atoms with Gasteiger partial charge in [0.25, 0.3) is 0 Å². The molecule has 1 aliphatic rings. The molecule has 5 rings (SSSR count). The Morgan fingerprint density at radius 2 is 1.83 bits per heavy atom. The van der Waals surface area contributed by atoms with Gasteiger partial charge >= 0.3 is 0 Å². The minimum atomic E-state index is 0.0563. The molecule has 0 bridgehead atoms. The van der Waals surface area contributed by atoms with Crippen LogP contribution in [0.2, 0.25) is 5.02 Å². The number of H-pyrrole nitrogens is 1. The lowest BCUT2D eigenvalue weighted by atomic mass is 9.93. The number of aromatic nitrogens is 1. The molecular formula is C30H33ClN2O3. The summed E-state index contributed by atoms with van der Waals surface area (Å²) in [6.45, 7) is 7.61. The highest BCUT2D eigenvalue weighted by atomic mass is 35.5. The Hall–Kier alpha value is -3.15. The molecule has 0 unspecified atom stereocenters. The molecule has 0 fully saturated rings. The van der Waals surface area contributed by atoms with Crippen molar-refractivity contribution in [1.82, 2.24) is 10.3 Å². The molecule has 0 spiro atoms. The van der Waals surface area contributed by atoms with Crippen molar-refractivity contribution in [2.24, 2.45) is 0 Å². The van der Waals surface area contributed by atoms with Gasteiger partial charge in [0.05, 0.1) is 20.3 Å². The number of halogens is 1. The second-order valence-corrected chi connectivity index (χ2v) is 10.1. The SMILES string of the molecule is COc1ccc2[nH]c3c(c2c1)CCN[C@@H]3c1ccc(OC)c(COc2cc(C)c(Cl)cc2C(C)C)c1. The molecule has 1 aromatic heterocycles. The van der Waals surface area contributed by atoms with E-state index in [9.17, 15) is 0 Å². The van der Waals surface area contributed by atoms with E-state index >= 15 is 0 Å². The molecule has 0 amide bonds. The van der Waals surface area contributed by atoms with E-state index in [1.54, 1.807) is 14.2 Å². The summed E-state index contributed by atoms with van der Waals surface area (Å²) in [6, 6.07) is 16.7. The van der Waals surface area contributed by atoms with Crippen molar-refractivity contribution in [3.63, 3.8) is 0 Å². The minimum absolute atomic E-state index is 0.0563. The Bertz CT molecular complexity index is 1410. The topological polar surface area (TPSA) is 55.5 Å². The molecule has 4 aromatic rings. The molecule has 6 heteroatoms. The predicted octanol–water partition coefficient (Wildman–Crippen LogP) is 7.08. The van der Waals surface area contributed by atoms with Gasteiger partial charge in [-0.2, -0.15) is 0 Å². The number of aryl methyl sites for hydroxylation is 1. The molecular weight excluding hydrogens is 472 g/mol. The van der Waals surface area contributed by atoms with Gasteiger partial charge in [0.2, 0.25) is 0 Å². The van der Waals surface area contributed by atoms with Crippen molar-refractivity contribution >= 4 is 22.5 Å². The van der Waals surface area contributed by atoms with Crippen LogP contribution in [0.4, 0.5) is 0 Å². The van der Waals surface area contributed by atoms with Crippen molar-refractivity contribution in [1.29, 1.82) is 0 Å². The van der Waals surface area contributed by atoms with Gasteiger partial charge in [-0.1, -0.05) is 31.5 Å². The van der Waals surface area contributed by atoms with Crippen LogP contribution in [0.5, 0.6) is 17.2 Å². The predicted molar refractivity (Wildman–Crippen MR) is 146 cm³/mol. The fourth-order valence-corrected chi connectivity index (χ4v) is 5.28. The van der Waals surface area contributed by atoms with E-state index in [1.807, 2.05) is 31.2 Å². The first-order chi connectivity index (χ1) is 17.4. The lowest BCUT2D eigenvalue weighted by molar-refractivity contribution is 0.292. The molecule has 188 valence electrons. The first kappa shape index (κ1) is 24.5. The Labute approximate surface area is 217 Å². The summed E-state index contributed by atoms with van der Waals surface area (Å²) < 4.78 is 17.5. The van der Waals surface area contributed by atoms with Crippen molar-refractivity contribution < 1.29 is 14.2 Å². The lowest BCUT2D eigenvalue weighted by Gasteiger charge is -2.26. The smallest absolute Gasteiger partial charge is 0.125 e. The summed E-state index contributed by atoms with van der Waals surface area (Å²) >= 11 is 6.40. The van der Waals surface area contributed by atoms with Gasteiger partial charge in [-0.25, -0.2) is 0 Å². The summed E-state index contributed by atoms with van der Waals surface area (Å²) in [6.07, 6.45) is 0.971. The van der Waals surface area contributed by atoms with Gasteiger partial charge in [-0.3, -0.25) is 0 Å². The first-order valence-corrected chi connectivity index (χ1v) is 12.8. The van der Waals surface area contributed by atoms with Crippen LogP contribution in [0.25, 0.3) is 10.9 Å². The number of hydrogen-bond acceptors (Lipinski definition) is 4. The third-order valence-electron chi connectivity index (χ3n) is 7.09. The van der Waals surface area contributed by atoms with Crippen LogP contribution in [0.15, 0.2) is 48.5 Å². The zero-order valence-electron chi connectivity index (χ0n) is 21.5. The molecule has 0 radical (unpaired) electrons. The Morgan fingerprint density at radius 3 is 2.58 bits per heavy atom. The highest BCUT2D eigenvalue weighted by Crippen LogP contribution is 2.37. The molecule has 36 heavy (non-hydrogen) atoms. The monoisotopic (exact) mass is 504 g/mol. The summed E-state index contributed by atoms with van der Waals surface area (Å²) in [7, 11) is 3.41. The third kappa shape index (κ3) is 4.54. The van der Waals surface area contributed by atoms with E-state index in [0.29, 0.717) is 12.5 Å². The molecule has 0 saturated heterocycles. The molecule has 5 nitrogen and oxygen atoms in total. The van der Waals surface area contributed by atoms with Crippen LogP contribution in [-0.4, -0.2) is 25.7 Å². The maximum Gasteiger partial charge on any atom is 0.125 e. The molecule has 3 aromatic carbocycles. The number of methoxy groups -OCH3 is 2. The molecule has 0 saturated carbocycles. The first-order valence-electron chi connectivity index (χ1n) is 12.4. The van der Waals surface area contributed by atoms with Crippen molar-refractivity contribution in [2.45, 2.75) is 45.8 Å². The Kier molecular flexibility index (Phi) is 6.87. The summed E-state index contributed by atoms with van der Waals surface area (Å²) in [5.41, 5.74) is 7.97. The van der Waals surface area contributed by atoms with Gasteiger partial charge in [-0.05, 0) is 84.0 Å². The summed E-state index contributed by atoms with van der Waals surface area (Å²) in [5.74, 6) is 2.85. The average Bonchev–Trinajstić information content (AvgIpc) is 3.26. The summed E-state index contributed by atoms with van der Waals surface area (Å²) in [5, 5.41) is 5.69. The number of nitrogens with one attached hydrogen (secondary N) is 2. The Morgan fingerprint density at radius 1 is 1.00 bits per heavy atom. The van der Waals surface area contributed by atoms with E-state index in [-0.39, 0.29) is 6.04 Å². The number of rotatable bonds is 7. The van der Waals surface area contributed by atoms with Crippen LogP contribution in [-0.2, 0) is 13.0 Å². The number of fused-ring (bicyclic) bond motifs is 3. The van der Waals surface area contributed by atoms with E-state index in [1.165, 1.54) is 22.2 Å². The molecule has 1 aliphatic heterocycles. The number of hydrogen-bond donors (Lipinski definition) is 2. The second kappa shape index (κ2) is 10.1. The van der Waals surface area contributed by atoms with E-state index in [0.717, 1.165) is 57.4 Å². The van der Waals surface area contributed by atoms with Crippen molar-refractivity contribution in [3.05, 3.63) is 87.1 Å². The van der Waals surface area contributed by atoms with Gasteiger partial charge in [0, 0.05) is 33.7 Å². The molecule has 1 atom stereocenters. The van der Waals surface area contributed by atoms with Crippen LogP contribution in [0.1, 0.15) is 59.3 Å². The van der Waals surface area contributed by atoms with Crippen LogP contribution < -0.4 is 19.5 Å². The summed E-state index contributed by atoms with van der Waals surface area (Å²) in [4.78, 5) is 3.66.